The number of pyridine rings is 1. The van der Waals surface area contributed by atoms with E-state index in [0.717, 1.165) is 60.8 Å². The normalized spacial score (nSPS) is 16.9. The lowest BCUT2D eigenvalue weighted by Gasteiger charge is -2.35. The Morgan fingerprint density at radius 1 is 0.597 bits per heavy atom. The van der Waals surface area contributed by atoms with E-state index in [1.54, 1.807) is 42.5 Å². The van der Waals surface area contributed by atoms with Crippen molar-refractivity contribution in [2.45, 2.75) is 39.5 Å². The average Bonchev–Trinajstić information content (AvgIpc) is 1.75. The molecule has 0 bridgehead atoms. The van der Waals surface area contributed by atoms with Gasteiger partial charge in [0.1, 0.15) is 12.4 Å². The van der Waals surface area contributed by atoms with E-state index in [2.05, 4.69) is 199 Å². The van der Waals surface area contributed by atoms with Crippen molar-refractivity contribution in [1.82, 2.24) is 28.7 Å². The zero-order chi connectivity index (χ0) is 57.9. The van der Waals surface area contributed by atoms with E-state index in [-0.39, 0.29) is 54.5 Å². The van der Waals surface area contributed by atoms with Crippen LogP contribution in [0.25, 0.3) is 61.0 Å². The van der Waals surface area contributed by atoms with Crippen LogP contribution >= 0.6 is 0 Å². The van der Waals surface area contributed by atoms with E-state index >= 15 is 0 Å². The lowest BCUT2D eigenvalue weighted by Crippen LogP contribution is -2.36. The Kier molecular flexibility index (Phi) is 9.46. The molecule has 77 heavy (non-hydrogen) atoms. The van der Waals surface area contributed by atoms with E-state index in [4.69, 9.17) is 21.6 Å². The molecule has 9 nitrogen and oxygen atoms in total. The molecule has 0 unspecified atom stereocenters. The molecule has 0 saturated carbocycles. The van der Waals surface area contributed by atoms with Crippen LogP contribution in [-0.4, -0.2) is 49.1 Å². The Hall–Kier alpha value is -9.21. The van der Waals surface area contributed by atoms with Gasteiger partial charge in [0.25, 0.3) is 0 Å². The predicted molar refractivity (Wildman–Crippen MR) is 321 cm³/mol. The third kappa shape index (κ3) is 7.70. The van der Waals surface area contributed by atoms with Crippen LogP contribution in [0.1, 0.15) is 71.4 Å². The molecule has 0 fully saturated rings. The number of fused-ring (bicyclic) bond motifs is 7. The van der Waals surface area contributed by atoms with E-state index in [1.807, 2.05) is 6.07 Å². The fourth-order valence-electron chi connectivity index (χ4n) is 11.9. The maximum atomic E-state index is 9.31. The highest BCUT2D eigenvalue weighted by molar-refractivity contribution is 6.83. The largest absolute Gasteiger partial charge is 0.439 e. The van der Waals surface area contributed by atoms with Crippen molar-refractivity contribution < 1.29 is 14.3 Å². The molecule has 6 aromatic carbocycles. The van der Waals surface area contributed by atoms with Crippen LogP contribution < -0.4 is 14.5 Å². The second kappa shape index (κ2) is 18.6. The van der Waals surface area contributed by atoms with Gasteiger partial charge >= 0.3 is 13.7 Å². The van der Waals surface area contributed by atoms with Crippen molar-refractivity contribution >= 4 is 80.2 Å². The number of hydrogen-bond donors (Lipinski definition) is 0. The number of benzene rings is 6. The topological polar surface area (TPSA) is 57.8 Å². The molecule has 8 heterocycles. The summed E-state index contributed by atoms with van der Waals surface area (Å²) in [4.78, 5) is 19.6. The summed E-state index contributed by atoms with van der Waals surface area (Å²) in [7, 11) is 0. The highest BCUT2D eigenvalue weighted by atomic mass is 16.5. The first-order valence-electron chi connectivity index (χ1n) is 29.8. The predicted octanol–water partition coefficient (Wildman–Crippen LogP) is 15.8. The number of hydrogen-bond acceptors (Lipinski definition) is 7. The smallest absolute Gasteiger partial charge is 0.320 e. The van der Waals surface area contributed by atoms with Gasteiger partial charge in [0.05, 0.1) is 56.0 Å². The first-order valence-corrected chi connectivity index (χ1v) is 26.3. The molecular weight excluding hydrogens is 942 g/mol. The molecule has 5 aliphatic heterocycles. The van der Waals surface area contributed by atoms with E-state index in [9.17, 15) is 2.74 Å². The summed E-state index contributed by atoms with van der Waals surface area (Å²) >= 11 is 0. The number of imidazole rings is 1. The van der Waals surface area contributed by atoms with Crippen LogP contribution in [0, 0.1) is 0 Å². The van der Waals surface area contributed by atoms with E-state index in [0.29, 0.717) is 40.2 Å². The lowest BCUT2D eigenvalue weighted by atomic mass is 9.48. The van der Waals surface area contributed by atoms with Gasteiger partial charge in [-0.3, -0.25) is 4.57 Å². The maximum Gasteiger partial charge on any atom is 0.320 e. The fraction of sp³-hybridized carbons (Fsp3) is 0.121. The molecule has 0 aliphatic carbocycles. The van der Waals surface area contributed by atoms with Crippen molar-refractivity contribution in [3.8, 4) is 28.8 Å². The molecule has 0 atom stereocenters. The Morgan fingerprint density at radius 3 is 1.95 bits per heavy atom. The average molecular weight is 1010 g/mol. The van der Waals surface area contributed by atoms with Crippen molar-refractivity contribution in [3.63, 3.8) is 0 Å². The number of aryl methyl sites for hydroxylation is 1. The van der Waals surface area contributed by atoms with Crippen LogP contribution in [-0.2, 0) is 6.98 Å². The van der Waals surface area contributed by atoms with Gasteiger partial charge < -0.3 is 28.7 Å². The minimum atomic E-state index is -2.73. The fourth-order valence-corrected chi connectivity index (χ4v) is 11.9. The number of ether oxygens (including phenoxy) is 1. The third-order valence-electron chi connectivity index (χ3n) is 15.4. The van der Waals surface area contributed by atoms with Gasteiger partial charge in [-0.15, -0.1) is 0 Å². The van der Waals surface area contributed by atoms with Gasteiger partial charge in [0.2, 0.25) is 11.8 Å². The lowest BCUT2D eigenvalue weighted by molar-refractivity contribution is 0.464. The van der Waals surface area contributed by atoms with Crippen molar-refractivity contribution in [1.29, 1.82) is 0 Å². The van der Waals surface area contributed by atoms with Crippen molar-refractivity contribution in [2.24, 2.45) is 6.98 Å². The molecule has 0 spiro atoms. The molecule has 0 saturated heterocycles. The van der Waals surface area contributed by atoms with Crippen LogP contribution in [0.15, 0.2) is 225 Å². The molecule has 372 valence electrons. The SMILES string of the molecule is [2H]c1c([2H])c([2H])c2c(c1[2H])c1ccc(Oc3cc(N4CN(c5c(C6=CC=CN7C=CC=CB67)cccc5C5=CC=CN6C=CC=CB56)c5ccccc54)cc(-c4c(C(C)C)cccc4C(C)C)n3)cc1n2-c1nc2ccccc2n1C([2H])([2H])[2H]. The third-order valence-corrected chi connectivity index (χ3v) is 15.4. The number of nitrogens with zero attached hydrogens (tertiary/aromatic N) is 8. The summed E-state index contributed by atoms with van der Waals surface area (Å²) in [6.45, 7) is 6.46. The van der Waals surface area contributed by atoms with E-state index in [1.165, 1.54) is 15.5 Å². The molecule has 11 heteroatoms. The molecular formula is C66H56B2N8O. The zero-order valence-corrected chi connectivity index (χ0v) is 43.1. The van der Waals surface area contributed by atoms with Gasteiger partial charge in [-0.05, 0) is 143 Å². The van der Waals surface area contributed by atoms with Crippen molar-refractivity contribution in [3.05, 3.63) is 247 Å². The van der Waals surface area contributed by atoms with Crippen LogP contribution in [0.4, 0.5) is 22.7 Å². The van der Waals surface area contributed by atoms with Gasteiger partial charge in [-0.25, -0.2) is 9.97 Å². The highest BCUT2D eigenvalue weighted by Gasteiger charge is 2.38. The van der Waals surface area contributed by atoms with Gasteiger partial charge in [0.15, 0.2) is 0 Å². The summed E-state index contributed by atoms with van der Waals surface area (Å²) in [5.41, 5.74) is 13.8. The second-order valence-electron chi connectivity index (χ2n) is 20.6. The molecule has 0 N–H and O–H groups in total. The summed E-state index contributed by atoms with van der Waals surface area (Å²) in [6, 6.07) is 36.6. The number of aromatic nitrogens is 4. The number of para-hydroxylation sites is 6. The molecule has 0 radical (unpaired) electrons. The van der Waals surface area contributed by atoms with Crippen LogP contribution in [0.2, 0.25) is 0 Å². The highest BCUT2D eigenvalue weighted by Crippen LogP contribution is 2.51. The quantitative estimate of drug-likeness (QED) is 0.127. The summed E-state index contributed by atoms with van der Waals surface area (Å²) < 4.78 is 72.2. The Labute approximate surface area is 460 Å². The maximum absolute atomic E-state index is 9.31. The molecule has 5 aliphatic rings. The minimum absolute atomic E-state index is 0.0208. The first kappa shape index (κ1) is 39.2. The second-order valence-corrected chi connectivity index (χ2v) is 20.6. The monoisotopic (exact) mass is 1010 g/mol. The summed E-state index contributed by atoms with van der Waals surface area (Å²) in [5, 5.41) is 0.688. The molecule has 9 aromatic rings. The molecule has 0 amide bonds. The molecule has 3 aromatic heterocycles. The Balaban J connectivity index is 0.966. The van der Waals surface area contributed by atoms with Crippen LogP contribution in [0.5, 0.6) is 11.6 Å². The minimum Gasteiger partial charge on any atom is -0.439 e. The van der Waals surface area contributed by atoms with Crippen LogP contribution in [0.3, 0.4) is 0 Å². The van der Waals surface area contributed by atoms with Gasteiger partial charge in [-0.1, -0.05) is 143 Å². The zero-order valence-electron chi connectivity index (χ0n) is 50.1. The number of anilines is 4. The number of allylic oxidation sites excluding steroid dienone is 8. The van der Waals surface area contributed by atoms with Gasteiger partial charge in [0, 0.05) is 39.6 Å². The number of rotatable bonds is 10. The van der Waals surface area contributed by atoms with Gasteiger partial charge in [-0.2, -0.15) is 0 Å². The Bertz CT molecular complexity index is 4410. The molecule has 14 rings (SSSR count). The summed E-state index contributed by atoms with van der Waals surface area (Å²) in [6.07, 6.45) is 25.6. The Morgan fingerprint density at radius 2 is 1.25 bits per heavy atom. The van der Waals surface area contributed by atoms with E-state index < -0.39 is 19.1 Å². The van der Waals surface area contributed by atoms with Crippen molar-refractivity contribution in [2.75, 3.05) is 16.5 Å². The first-order chi connectivity index (χ1) is 40.6. The standard InChI is InChI=1S/C66H56B2N8O/c1-44(2)48-21-16-22-49(45(3)4)64(48)57-40-46(41-63(69-57)77-47-32-33-51-50-20-6-8-28-58(50)76(62(51)42-47)66-70-56-27-7-9-29-59(56)71(66)5)74-43-75(61-31-11-10-30-60(61)74)65-52(54-25-18-38-72-36-14-12-34-67(54)72)23-17-24-53(65)55-26-19-39-73-37-15-13-35-68(55)73/h6-42,44-45H,43H2,1-5H3/i5D3,6D,8D,20D,28D. The summed E-state index contributed by atoms with van der Waals surface area (Å²) in [5.74, 6) is 5.40.